The van der Waals surface area contributed by atoms with Crippen molar-refractivity contribution in [3.05, 3.63) is 46.2 Å². The normalized spacial score (nSPS) is 12.7. The topological polar surface area (TPSA) is 68.0 Å². The van der Waals surface area contributed by atoms with Crippen molar-refractivity contribution in [3.63, 3.8) is 0 Å². The van der Waals surface area contributed by atoms with E-state index in [-0.39, 0.29) is 11.6 Å². The zero-order chi connectivity index (χ0) is 14.3. The summed E-state index contributed by atoms with van der Waals surface area (Å²) in [5, 5.41) is 12.2. The summed E-state index contributed by atoms with van der Waals surface area (Å²) in [6, 6.07) is 5.22. The predicted molar refractivity (Wildman–Crippen MR) is 77.4 cm³/mol. The molecule has 5 nitrogen and oxygen atoms in total. The zero-order valence-corrected chi connectivity index (χ0v) is 11.9. The number of carbonyl (C=O) groups is 1. The monoisotopic (exact) mass is 287 g/mol. The average Bonchev–Trinajstić information content (AvgIpc) is 3.03. The lowest BCUT2D eigenvalue weighted by Gasteiger charge is -2.11. The Bertz CT molecular complexity index is 791. The summed E-state index contributed by atoms with van der Waals surface area (Å²) in [5.74, 6) is -0.960. The maximum Gasteiger partial charge on any atom is 0.337 e. The van der Waals surface area contributed by atoms with Crippen LogP contribution in [-0.4, -0.2) is 25.6 Å². The van der Waals surface area contributed by atoms with Gasteiger partial charge in [0.15, 0.2) is 0 Å². The highest BCUT2D eigenvalue weighted by Crippen LogP contribution is 2.26. The fourth-order valence-electron chi connectivity index (χ4n) is 2.22. The van der Waals surface area contributed by atoms with Gasteiger partial charge < -0.3 is 9.67 Å². The van der Waals surface area contributed by atoms with Crippen molar-refractivity contribution in [2.24, 2.45) is 0 Å². The van der Waals surface area contributed by atoms with Gasteiger partial charge in [0.05, 0.1) is 23.4 Å². The lowest BCUT2D eigenvalue weighted by atomic mass is 10.2. The molecule has 3 rings (SSSR count). The number of carboxylic acids is 1. The molecule has 0 spiro atoms. The Kier molecular flexibility index (Phi) is 3.02. The van der Waals surface area contributed by atoms with Gasteiger partial charge in [0, 0.05) is 11.1 Å². The van der Waals surface area contributed by atoms with Crippen LogP contribution in [0.2, 0.25) is 0 Å². The Morgan fingerprint density at radius 1 is 1.45 bits per heavy atom. The van der Waals surface area contributed by atoms with Gasteiger partial charge in [-0.05, 0) is 26.0 Å². The number of rotatable bonds is 3. The molecule has 0 aliphatic rings. The van der Waals surface area contributed by atoms with E-state index in [2.05, 4.69) is 9.97 Å². The van der Waals surface area contributed by atoms with Gasteiger partial charge in [-0.15, -0.1) is 11.3 Å². The van der Waals surface area contributed by atoms with Crippen molar-refractivity contribution in [2.75, 3.05) is 0 Å². The maximum absolute atomic E-state index is 11.2. The Hall–Kier alpha value is -2.21. The fourth-order valence-corrected chi connectivity index (χ4v) is 3.07. The molecule has 2 heterocycles. The first-order chi connectivity index (χ1) is 9.58. The molecule has 0 amide bonds. The lowest BCUT2D eigenvalue weighted by Crippen LogP contribution is -2.05. The Balaban J connectivity index is 2.13. The first kappa shape index (κ1) is 12.8. The highest BCUT2D eigenvalue weighted by molar-refractivity contribution is 7.09. The highest BCUT2D eigenvalue weighted by Gasteiger charge is 2.17. The number of hydrogen-bond donors (Lipinski definition) is 1. The Labute approximate surface area is 119 Å². The van der Waals surface area contributed by atoms with E-state index in [1.807, 2.05) is 29.9 Å². The minimum atomic E-state index is -0.960. The molecule has 3 aromatic rings. The number of aromatic carboxylic acids is 1. The Morgan fingerprint density at radius 3 is 2.90 bits per heavy atom. The van der Waals surface area contributed by atoms with Crippen LogP contribution in [0.25, 0.3) is 11.0 Å². The van der Waals surface area contributed by atoms with Crippen molar-refractivity contribution in [1.82, 2.24) is 14.5 Å². The van der Waals surface area contributed by atoms with Crippen LogP contribution in [0.5, 0.6) is 0 Å². The van der Waals surface area contributed by atoms with Crippen LogP contribution < -0.4 is 0 Å². The predicted octanol–water partition coefficient (Wildman–Crippen LogP) is 3.11. The number of nitrogens with zero attached hydrogens (tertiary/aromatic N) is 3. The number of para-hydroxylation sites is 1. The smallest absolute Gasteiger partial charge is 0.337 e. The molecule has 102 valence electrons. The largest absolute Gasteiger partial charge is 0.478 e. The summed E-state index contributed by atoms with van der Waals surface area (Å²) >= 11 is 1.60. The number of imidazole rings is 1. The van der Waals surface area contributed by atoms with Crippen LogP contribution in [0.1, 0.15) is 34.0 Å². The van der Waals surface area contributed by atoms with Crippen LogP contribution in [-0.2, 0) is 0 Å². The summed E-state index contributed by atoms with van der Waals surface area (Å²) < 4.78 is 1.96. The second kappa shape index (κ2) is 4.72. The summed E-state index contributed by atoms with van der Waals surface area (Å²) in [4.78, 5) is 19.9. The van der Waals surface area contributed by atoms with E-state index in [4.69, 9.17) is 0 Å². The second-order valence-electron chi connectivity index (χ2n) is 4.63. The molecule has 0 saturated carbocycles. The number of fused-ring (bicyclic) bond motifs is 1. The third-order valence-corrected chi connectivity index (χ3v) is 4.38. The molecule has 1 aromatic carbocycles. The van der Waals surface area contributed by atoms with Crippen molar-refractivity contribution in [2.45, 2.75) is 19.9 Å². The van der Waals surface area contributed by atoms with E-state index in [0.29, 0.717) is 5.52 Å². The third-order valence-electron chi connectivity index (χ3n) is 3.25. The summed E-state index contributed by atoms with van der Waals surface area (Å²) in [6.45, 7) is 3.99. The van der Waals surface area contributed by atoms with Crippen LogP contribution in [0.15, 0.2) is 29.9 Å². The number of carboxylic acid groups (broad SMARTS) is 1. The van der Waals surface area contributed by atoms with Crippen LogP contribution in [0.3, 0.4) is 0 Å². The molecule has 1 atom stereocenters. The van der Waals surface area contributed by atoms with Crippen LogP contribution in [0, 0.1) is 6.92 Å². The van der Waals surface area contributed by atoms with Gasteiger partial charge >= 0.3 is 5.97 Å². The summed E-state index contributed by atoms with van der Waals surface area (Å²) in [6.07, 6.45) is 1.68. The molecule has 0 radical (unpaired) electrons. The van der Waals surface area contributed by atoms with Gasteiger partial charge in [-0.2, -0.15) is 0 Å². The van der Waals surface area contributed by atoms with E-state index >= 15 is 0 Å². The molecule has 1 unspecified atom stereocenters. The van der Waals surface area contributed by atoms with E-state index in [0.717, 1.165) is 16.2 Å². The third kappa shape index (κ3) is 1.98. The van der Waals surface area contributed by atoms with Crippen LogP contribution >= 0.6 is 11.3 Å². The van der Waals surface area contributed by atoms with E-state index < -0.39 is 5.97 Å². The minimum Gasteiger partial charge on any atom is -0.478 e. The number of hydrogen-bond acceptors (Lipinski definition) is 4. The summed E-state index contributed by atoms with van der Waals surface area (Å²) in [5.41, 5.74) is 2.54. The van der Waals surface area contributed by atoms with Gasteiger partial charge in [0.25, 0.3) is 0 Å². The number of benzene rings is 1. The zero-order valence-electron chi connectivity index (χ0n) is 11.1. The van der Waals surface area contributed by atoms with Gasteiger partial charge in [0.1, 0.15) is 10.5 Å². The molecule has 2 aromatic heterocycles. The fraction of sp³-hybridized carbons (Fsp3) is 0.214. The molecule has 20 heavy (non-hydrogen) atoms. The van der Waals surface area contributed by atoms with Gasteiger partial charge in [0.2, 0.25) is 0 Å². The standard InChI is InChI=1S/C14H13N3O2S/c1-8-6-20-13(16-8)9(2)17-7-15-12-10(14(18)19)4-3-5-11(12)17/h3-7,9H,1-2H3,(H,18,19). The van der Waals surface area contributed by atoms with Crippen LogP contribution in [0.4, 0.5) is 0 Å². The number of thiazole rings is 1. The maximum atomic E-state index is 11.2. The molecule has 0 bridgehead atoms. The molecule has 0 fully saturated rings. The molecule has 0 aliphatic carbocycles. The number of aromatic nitrogens is 3. The first-order valence-corrected chi connectivity index (χ1v) is 7.06. The molecule has 1 N–H and O–H groups in total. The van der Waals surface area contributed by atoms with Gasteiger partial charge in [-0.3, -0.25) is 0 Å². The quantitative estimate of drug-likeness (QED) is 0.803. The molecule has 0 aliphatic heterocycles. The van der Waals surface area contributed by atoms with E-state index in [1.165, 1.54) is 0 Å². The van der Waals surface area contributed by atoms with Crippen molar-refractivity contribution < 1.29 is 9.90 Å². The SMILES string of the molecule is Cc1csc(C(C)n2cnc3c(C(=O)O)cccc32)n1. The Morgan fingerprint density at radius 2 is 2.25 bits per heavy atom. The van der Waals surface area contributed by atoms with Crippen molar-refractivity contribution in [3.8, 4) is 0 Å². The minimum absolute atomic E-state index is 0.0303. The van der Waals surface area contributed by atoms with Gasteiger partial charge in [-0.1, -0.05) is 6.07 Å². The van der Waals surface area contributed by atoms with E-state index in [9.17, 15) is 9.90 Å². The lowest BCUT2D eigenvalue weighted by molar-refractivity contribution is 0.0699. The molecule has 0 saturated heterocycles. The first-order valence-electron chi connectivity index (χ1n) is 6.19. The van der Waals surface area contributed by atoms with Gasteiger partial charge in [-0.25, -0.2) is 14.8 Å². The van der Waals surface area contributed by atoms with Crippen molar-refractivity contribution >= 4 is 28.3 Å². The second-order valence-corrected chi connectivity index (χ2v) is 5.52. The average molecular weight is 287 g/mol. The molecule has 6 heteroatoms. The van der Waals surface area contributed by atoms with Crippen molar-refractivity contribution in [1.29, 1.82) is 0 Å². The molecular weight excluding hydrogens is 274 g/mol. The molecular formula is C14H13N3O2S. The highest BCUT2D eigenvalue weighted by atomic mass is 32.1. The number of aryl methyl sites for hydroxylation is 1. The van der Waals surface area contributed by atoms with E-state index in [1.54, 1.807) is 29.8 Å². The summed E-state index contributed by atoms with van der Waals surface area (Å²) in [7, 11) is 0.